The number of halogens is 2. The first-order chi connectivity index (χ1) is 19.9. The Labute approximate surface area is 237 Å². The lowest BCUT2D eigenvalue weighted by Gasteiger charge is -2.14. The summed E-state index contributed by atoms with van der Waals surface area (Å²) in [5, 5.41) is 2.07. The van der Waals surface area contributed by atoms with Gasteiger partial charge in [0.2, 0.25) is 0 Å². The Morgan fingerprint density at radius 1 is 0.537 bits per heavy atom. The fraction of sp³-hybridized carbons (Fsp3) is 0.0541. The Hall–Kier alpha value is -5.09. The van der Waals surface area contributed by atoms with E-state index in [1.54, 1.807) is 18.3 Å². The largest absolute Gasteiger partial charge is 0.309 e. The Bertz CT molecular complexity index is 1940. The third kappa shape index (κ3) is 4.48. The van der Waals surface area contributed by atoms with E-state index in [0.29, 0.717) is 0 Å². The van der Waals surface area contributed by atoms with E-state index in [0.717, 1.165) is 72.0 Å². The van der Waals surface area contributed by atoms with Crippen LogP contribution < -0.4 is 0 Å². The van der Waals surface area contributed by atoms with Crippen LogP contribution in [0.3, 0.4) is 0 Å². The third-order valence-corrected chi connectivity index (χ3v) is 7.63. The Morgan fingerprint density at radius 2 is 1.12 bits per heavy atom. The van der Waals surface area contributed by atoms with E-state index in [1.807, 2.05) is 50.4 Å². The van der Waals surface area contributed by atoms with E-state index < -0.39 is 0 Å². The number of fused-ring (bicyclic) bond motifs is 3. The third-order valence-electron chi connectivity index (χ3n) is 7.63. The summed E-state index contributed by atoms with van der Waals surface area (Å²) in [4.78, 5) is 4.36. The summed E-state index contributed by atoms with van der Waals surface area (Å²) in [6, 6.07) is 35.1. The van der Waals surface area contributed by atoms with Gasteiger partial charge in [0.15, 0.2) is 0 Å². The molecule has 0 atom stereocenters. The SMILES string of the molecule is Cc1cc(F)cc(-c2ccc3c(c2)c2cc(-c4cc(C)cc(F)c4)ccc2n3-c2ccccc2-c2cccnc2)c1. The predicted octanol–water partition coefficient (Wildman–Crippen LogP) is 10.1. The lowest BCUT2D eigenvalue weighted by molar-refractivity contribution is 0.626. The number of benzene rings is 5. The minimum atomic E-state index is -0.253. The van der Waals surface area contributed by atoms with Gasteiger partial charge in [0, 0.05) is 34.3 Å². The van der Waals surface area contributed by atoms with Gasteiger partial charge in [0.25, 0.3) is 0 Å². The van der Waals surface area contributed by atoms with Crippen LogP contribution in [0.25, 0.3) is 60.9 Å². The van der Waals surface area contributed by atoms with Crippen molar-refractivity contribution in [3.8, 4) is 39.1 Å². The van der Waals surface area contributed by atoms with E-state index in [-0.39, 0.29) is 11.6 Å². The number of para-hydroxylation sites is 1. The molecule has 0 bridgehead atoms. The number of nitrogens with zero attached hydrogens (tertiary/aromatic N) is 2. The van der Waals surface area contributed by atoms with Crippen molar-refractivity contribution >= 4 is 21.8 Å². The highest BCUT2D eigenvalue weighted by molar-refractivity contribution is 6.12. The lowest BCUT2D eigenvalue weighted by Crippen LogP contribution is -1.97. The highest BCUT2D eigenvalue weighted by Gasteiger charge is 2.17. The fourth-order valence-corrected chi connectivity index (χ4v) is 5.88. The van der Waals surface area contributed by atoms with E-state index >= 15 is 0 Å². The maximum atomic E-state index is 14.4. The van der Waals surface area contributed by atoms with Crippen LogP contribution in [0.5, 0.6) is 0 Å². The summed E-state index contributed by atoms with van der Waals surface area (Å²) in [7, 11) is 0. The van der Waals surface area contributed by atoms with Crippen LogP contribution >= 0.6 is 0 Å². The molecule has 4 heteroatoms. The molecule has 2 heterocycles. The maximum absolute atomic E-state index is 14.4. The van der Waals surface area contributed by atoms with Crippen molar-refractivity contribution in [2.75, 3.05) is 0 Å². The van der Waals surface area contributed by atoms with Crippen LogP contribution in [-0.4, -0.2) is 9.55 Å². The van der Waals surface area contributed by atoms with Crippen LogP contribution in [0.4, 0.5) is 8.78 Å². The number of hydrogen-bond donors (Lipinski definition) is 0. The molecule has 198 valence electrons. The molecule has 7 aromatic rings. The Morgan fingerprint density at radius 3 is 1.66 bits per heavy atom. The zero-order valence-electron chi connectivity index (χ0n) is 22.7. The van der Waals surface area contributed by atoms with Crippen molar-refractivity contribution in [1.82, 2.24) is 9.55 Å². The summed E-state index contributed by atoms with van der Waals surface area (Å²) in [5.74, 6) is -0.506. The summed E-state index contributed by atoms with van der Waals surface area (Å²) in [5.41, 5.74) is 10.5. The number of pyridine rings is 1. The predicted molar refractivity (Wildman–Crippen MR) is 164 cm³/mol. The zero-order chi connectivity index (χ0) is 28.1. The van der Waals surface area contributed by atoms with Crippen LogP contribution in [0.2, 0.25) is 0 Å². The molecule has 5 aromatic carbocycles. The van der Waals surface area contributed by atoms with Gasteiger partial charge in [-0.2, -0.15) is 0 Å². The minimum absolute atomic E-state index is 0.253. The van der Waals surface area contributed by atoms with E-state index in [9.17, 15) is 8.78 Å². The van der Waals surface area contributed by atoms with Gasteiger partial charge in [0.1, 0.15) is 11.6 Å². The summed E-state index contributed by atoms with van der Waals surface area (Å²) in [6.45, 7) is 3.80. The van der Waals surface area contributed by atoms with E-state index in [4.69, 9.17) is 0 Å². The second kappa shape index (κ2) is 9.83. The molecule has 0 spiro atoms. The van der Waals surface area contributed by atoms with Crippen molar-refractivity contribution in [1.29, 1.82) is 0 Å². The molecular formula is C37H26F2N2. The lowest BCUT2D eigenvalue weighted by atomic mass is 9.99. The van der Waals surface area contributed by atoms with Gasteiger partial charge in [0.05, 0.1) is 16.7 Å². The standard InChI is InChI=1S/C37H26F2N2/c1-23-14-28(18-30(38)16-23)25-9-11-36-33(20-25)34-21-26(29-15-24(2)17-31(39)19-29)10-12-37(34)41(36)35-8-4-3-7-32(35)27-6-5-13-40-22-27/h3-22H,1-2H3. The Kier molecular flexibility index (Phi) is 5.97. The first-order valence-electron chi connectivity index (χ1n) is 13.6. The molecule has 7 rings (SSSR count). The highest BCUT2D eigenvalue weighted by Crippen LogP contribution is 2.39. The van der Waals surface area contributed by atoms with E-state index in [1.165, 1.54) is 12.1 Å². The molecular weight excluding hydrogens is 510 g/mol. The van der Waals surface area contributed by atoms with Crippen molar-refractivity contribution in [3.63, 3.8) is 0 Å². The molecule has 41 heavy (non-hydrogen) atoms. The molecule has 0 N–H and O–H groups in total. The number of rotatable bonds is 4. The van der Waals surface area contributed by atoms with Gasteiger partial charge in [-0.05, 0) is 108 Å². The maximum Gasteiger partial charge on any atom is 0.124 e. The monoisotopic (exact) mass is 536 g/mol. The summed E-state index contributed by atoms with van der Waals surface area (Å²) >= 11 is 0. The molecule has 0 aliphatic rings. The summed E-state index contributed by atoms with van der Waals surface area (Å²) in [6.07, 6.45) is 3.65. The molecule has 0 radical (unpaired) electrons. The smallest absolute Gasteiger partial charge is 0.124 e. The van der Waals surface area contributed by atoms with Crippen molar-refractivity contribution in [3.05, 3.63) is 144 Å². The molecule has 0 fully saturated rings. The molecule has 0 amide bonds. The van der Waals surface area contributed by atoms with Crippen LogP contribution in [-0.2, 0) is 0 Å². The van der Waals surface area contributed by atoms with E-state index in [2.05, 4.69) is 64.1 Å². The number of hydrogen-bond acceptors (Lipinski definition) is 1. The average molecular weight is 537 g/mol. The molecule has 2 aromatic heterocycles. The molecule has 0 unspecified atom stereocenters. The minimum Gasteiger partial charge on any atom is -0.309 e. The first kappa shape index (κ1) is 24.9. The van der Waals surface area contributed by atoms with Gasteiger partial charge in [-0.15, -0.1) is 0 Å². The molecule has 0 aliphatic carbocycles. The molecule has 2 nitrogen and oxygen atoms in total. The van der Waals surface area contributed by atoms with Gasteiger partial charge in [-0.3, -0.25) is 4.98 Å². The zero-order valence-corrected chi connectivity index (χ0v) is 22.7. The van der Waals surface area contributed by atoms with Gasteiger partial charge < -0.3 is 4.57 Å². The van der Waals surface area contributed by atoms with Crippen LogP contribution in [0.1, 0.15) is 11.1 Å². The first-order valence-corrected chi connectivity index (χ1v) is 13.6. The second-order valence-electron chi connectivity index (χ2n) is 10.6. The topological polar surface area (TPSA) is 17.8 Å². The molecule has 0 saturated carbocycles. The number of aromatic nitrogens is 2. The summed E-state index contributed by atoms with van der Waals surface area (Å²) < 4.78 is 31.0. The number of aryl methyl sites for hydroxylation is 2. The average Bonchev–Trinajstić information content (AvgIpc) is 3.29. The van der Waals surface area contributed by atoms with Crippen LogP contribution in [0, 0.1) is 25.5 Å². The quantitative estimate of drug-likeness (QED) is 0.219. The van der Waals surface area contributed by atoms with Gasteiger partial charge >= 0.3 is 0 Å². The molecule has 0 saturated heterocycles. The Balaban J connectivity index is 1.54. The fourth-order valence-electron chi connectivity index (χ4n) is 5.88. The normalized spacial score (nSPS) is 11.4. The van der Waals surface area contributed by atoms with Crippen molar-refractivity contribution in [2.45, 2.75) is 13.8 Å². The highest BCUT2D eigenvalue weighted by atomic mass is 19.1. The van der Waals surface area contributed by atoms with Crippen molar-refractivity contribution in [2.24, 2.45) is 0 Å². The molecule has 0 aliphatic heterocycles. The van der Waals surface area contributed by atoms with Crippen molar-refractivity contribution < 1.29 is 8.78 Å². The second-order valence-corrected chi connectivity index (χ2v) is 10.6. The van der Waals surface area contributed by atoms with Gasteiger partial charge in [-0.25, -0.2) is 8.78 Å². The van der Waals surface area contributed by atoms with Crippen LogP contribution in [0.15, 0.2) is 122 Å². The van der Waals surface area contributed by atoms with Gasteiger partial charge in [-0.1, -0.05) is 48.5 Å².